The van der Waals surface area contributed by atoms with E-state index in [4.69, 9.17) is 14.2 Å². The molecule has 0 aliphatic carbocycles. The lowest BCUT2D eigenvalue weighted by molar-refractivity contribution is -0.152. The Balaban J connectivity index is 1.26. The molecule has 0 spiro atoms. The minimum absolute atomic E-state index is 0.0868. The normalized spacial score (nSPS) is 16.5. The van der Waals surface area contributed by atoms with Crippen molar-refractivity contribution >= 4 is 5.97 Å². The van der Waals surface area contributed by atoms with Gasteiger partial charge in [-0.2, -0.15) is 0 Å². The summed E-state index contributed by atoms with van der Waals surface area (Å²) >= 11 is 0. The molecule has 2 aromatic rings. The number of rotatable bonds is 11. The Kier molecular flexibility index (Phi) is 10.6. The topological polar surface area (TPSA) is 44.8 Å². The lowest BCUT2D eigenvalue weighted by Crippen LogP contribution is -2.23. The van der Waals surface area contributed by atoms with Crippen molar-refractivity contribution in [2.45, 2.75) is 44.6 Å². The molecule has 0 bridgehead atoms. The molecule has 1 aliphatic rings. The van der Waals surface area contributed by atoms with Gasteiger partial charge < -0.3 is 14.2 Å². The molecular weight excluding hydrogens is 400 g/mol. The van der Waals surface area contributed by atoms with Gasteiger partial charge in [-0.25, -0.2) is 4.79 Å². The van der Waals surface area contributed by atoms with E-state index in [0.717, 1.165) is 44.1 Å². The fourth-order valence-corrected chi connectivity index (χ4v) is 3.57. The van der Waals surface area contributed by atoms with Crippen LogP contribution in [0.1, 0.15) is 36.8 Å². The summed E-state index contributed by atoms with van der Waals surface area (Å²) in [7, 11) is 0. The van der Waals surface area contributed by atoms with E-state index in [1.165, 1.54) is 11.1 Å². The third kappa shape index (κ3) is 9.09. The van der Waals surface area contributed by atoms with Crippen LogP contribution in [0.4, 0.5) is 0 Å². The Morgan fingerprint density at radius 1 is 0.969 bits per heavy atom. The second kappa shape index (κ2) is 14.2. The maximum atomic E-state index is 12.1. The highest BCUT2D eigenvalue weighted by Gasteiger charge is 2.25. The average molecular weight is 433 g/mol. The molecule has 0 radical (unpaired) electrons. The number of hydrogen-bond acceptors (Lipinski definition) is 4. The average Bonchev–Trinajstić information content (AvgIpc) is 3.26. The number of carbonyl (C=O) groups is 1. The molecular formula is C28H32O4. The Morgan fingerprint density at radius 2 is 1.66 bits per heavy atom. The summed E-state index contributed by atoms with van der Waals surface area (Å²) in [5, 5.41) is 0. The van der Waals surface area contributed by atoms with Gasteiger partial charge in [0.05, 0.1) is 13.2 Å². The fraction of sp³-hybridized carbons (Fsp3) is 0.393. The van der Waals surface area contributed by atoms with E-state index in [0.29, 0.717) is 13.2 Å². The molecule has 2 aromatic carbocycles. The number of esters is 1. The van der Waals surface area contributed by atoms with Gasteiger partial charge in [0.1, 0.15) is 19.3 Å². The Labute approximate surface area is 191 Å². The molecule has 1 aliphatic heterocycles. The van der Waals surface area contributed by atoms with Crippen LogP contribution in [0.15, 0.2) is 72.3 Å². The summed E-state index contributed by atoms with van der Waals surface area (Å²) in [5.41, 5.74) is 3.71. The van der Waals surface area contributed by atoms with Crippen molar-refractivity contribution < 1.29 is 19.0 Å². The third-order valence-electron chi connectivity index (χ3n) is 5.27. The second-order valence-electron chi connectivity index (χ2n) is 7.84. The maximum absolute atomic E-state index is 12.1. The number of aryl methyl sites for hydroxylation is 2. The highest BCUT2D eigenvalue weighted by atomic mass is 16.6. The Hall–Kier alpha value is -2.87. The van der Waals surface area contributed by atoms with E-state index in [1.54, 1.807) is 0 Å². The molecule has 1 atom stereocenters. The van der Waals surface area contributed by atoms with Crippen LogP contribution in [0.3, 0.4) is 0 Å². The molecule has 1 saturated heterocycles. The number of allylic oxidation sites excluding steroid dienone is 1. The first-order valence-electron chi connectivity index (χ1n) is 11.4. The molecule has 32 heavy (non-hydrogen) atoms. The lowest BCUT2D eigenvalue weighted by atomic mass is 10.1. The molecule has 3 rings (SSSR count). The van der Waals surface area contributed by atoms with Crippen LogP contribution in [0.2, 0.25) is 0 Å². The van der Waals surface area contributed by atoms with Crippen LogP contribution in [-0.4, -0.2) is 38.5 Å². The first-order chi connectivity index (χ1) is 15.8. The molecule has 0 aromatic heterocycles. The van der Waals surface area contributed by atoms with Crippen molar-refractivity contribution in [3.05, 3.63) is 83.4 Å². The predicted molar refractivity (Wildman–Crippen MR) is 126 cm³/mol. The minimum Gasteiger partial charge on any atom is -0.454 e. The Bertz CT molecular complexity index is 893. The van der Waals surface area contributed by atoms with E-state index in [2.05, 4.69) is 66.4 Å². The molecule has 1 unspecified atom stereocenters. The van der Waals surface area contributed by atoms with Crippen molar-refractivity contribution in [2.75, 3.05) is 26.4 Å². The van der Waals surface area contributed by atoms with Gasteiger partial charge in [-0.1, -0.05) is 72.7 Å². The van der Waals surface area contributed by atoms with Crippen molar-refractivity contribution in [3.8, 4) is 11.8 Å². The van der Waals surface area contributed by atoms with Gasteiger partial charge in [0, 0.05) is 6.42 Å². The Morgan fingerprint density at radius 3 is 2.38 bits per heavy atom. The van der Waals surface area contributed by atoms with E-state index in [1.807, 2.05) is 12.1 Å². The van der Waals surface area contributed by atoms with Crippen LogP contribution < -0.4 is 0 Å². The van der Waals surface area contributed by atoms with Gasteiger partial charge in [-0.3, -0.25) is 0 Å². The van der Waals surface area contributed by atoms with Crippen molar-refractivity contribution in [2.24, 2.45) is 0 Å². The molecule has 1 heterocycles. The minimum atomic E-state index is -0.374. The second-order valence-corrected chi connectivity index (χ2v) is 7.84. The first kappa shape index (κ1) is 23.8. The zero-order valence-corrected chi connectivity index (χ0v) is 18.6. The van der Waals surface area contributed by atoms with Crippen LogP contribution in [0.25, 0.3) is 0 Å². The first-order valence-corrected chi connectivity index (χ1v) is 11.4. The smallest absolute Gasteiger partial charge is 0.332 e. The maximum Gasteiger partial charge on any atom is 0.332 e. The molecule has 0 saturated carbocycles. The zero-order chi connectivity index (χ0) is 22.3. The van der Waals surface area contributed by atoms with Crippen molar-refractivity contribution in [3.63, 3.8) is 0 Å². The van der Waals surface area contributed by atoms with E-state index in [9.17, 15) is 4.79 Å². The molecule has 168 valence electrons. The number of benzene rings is 2. The lowest BCUT2D eigenvalue weighted by Gasteiger charge is -2.12. The van der Waals surface area contributed by atoms with Gasteiger partial charge in [0.15, 0.2) is 0 Å². The van der Waals surface area contributed by atoms with Crippen LogP contribution in [0.5, 0.6) is 0 Å². The van der Waals surface area contributed by atoms with E-state index < -0.39 is 0 Å². The zero-order valence-electron chi connectivity index (χ0n) is 18.6. The molecule has 1 fully saturated rings. The molecule has 4 nitrogen and oxygen atoms in total. The van der Waals surface area contributed by atoms with E-state index >= 15 is 0 Å². The van der Waals surface area contributed by atoms with Crippen molar-refractivity contribution in [1.29, 1.82) is 0 Å². The summed E-state index contributed by atoms with van der Waals surface area (Å²) in [6.45, 7) is 1.09. The number of hydrogen-bond donors (Lipinski definition) is 0. The highest BCUT2D eigenvalue weighted by Crippen LogP contribution is 2.18. The van der Waals surface area contributed by atoms with Gasteiger partial charge in [-0.15, -0.1) is 5.92 Å². The standard InChI is InChI=1S/C28H32O4/c29-28(23-30-20-12-2-1-5-13-24-14-6-3-7-15-24)32-27-22-31-21-26(27)19-11-10-18-25-16-8-4-9-17-25/h3-4,6-9,14-17,19,27H,1,5,10-11,13,18,20-23H2/b26-19+. The van der Waals surface area contributed by atoms with E-state index in [-0.39, 0.29) is 25.3 Å². The SMILES string of the molecule is O=C(COCC#CCCCc1ccccc1)OC1COC/C1=C\CCCc1ccccc1. The predicted octanol–water partition coefficient (Wildman–Crippen LogP) is 4.92. The fourth-order valence-electron chi connectivity index (χ4n) is 3.57. The summed E-state index contributed by atoms with van der Waals surface area (Å²) in [4.78, 5) is 12.1. The monoisotopic (exact) mass is 432 g/mol. The third-order valence-corrected chi connectivity index (χ3v) is 5.27. The van der Waals surface area contributed by atoms with Crippen LogP contribution in [-0.2, 0) is 31.8 Å². The van der Waals surface area contributed by atoms with Gasteiger partial charge in [0.25, 0.3) is 0 Å². The van der Waals surface area contributed by atoms with Crippen molar-refractivity contribution in [1.82, 2.24) is 0 Å². The van der Waals surface area contributed by atoms with Crippen LogP contribution >= 0.6 is 0 Å². The summed E-state index contributed by atoms with van der Waals surface area (Å²) < 4.78 is 16.4. The van der Waals surface area contributed by atoms with Gasteiger partial charge in [0.2, 0.25) is 0 Å². The van der Waals surface area contributed by atoms with Gasteiger partial charge in [-0.05, 0) is 48.8 Å². The number of unbranched alkanes of at least 4 members (excludes halogenated alkanes) is 2. The summed E-state index contributed by atoms with van der Waals surface area (Å²) in [6, 6.07) is 20.8. The van der Waals surface area contributed by atoms with Gasteiger partial charge >= 0.3 is 5.97 Å². The highest BCUT2D eigenvalue weighted by molar-refractivity contribution is 5.71. The number of carbonyl (C=O) groups excluding carboxylic acids is 1. The molecule has 0 N–H and O–H groups in total. The quantitative estimate of drug-likeness (QED) is 0.219. The number of ether oxygens (including phenoxy) is 3. The van der Waals surface area contributed by atoms with Crippen LogP contribution in [0, 0.1) is 11.8 Å². The summed E-state index contributed by atoms with van der Waals surface area (Å²) in [6.07, 6.45) is 7.74. The molecule has 4 heteroatoms. The molecule has 0 amide bonds. The summed E-state index contributed by atoms with van der Waals surface area (Å²) in [5.74, 6) is 5.68. The largest absolute Gasteiger partial charge is 0.454 e.